The Kier molecular flexibility index (Phi) is 2.77. The fraction of sp³-hybridized carbons (Fsp3) is 0.583. The second-order valence-corrected chi connectivity index (χ2v) is 4.70. The standard InChI is InChI=1S/C12H18N6/c1-3-4-5-6-17-8-18-12(15-9(2)16-18)10-11(17)14-7-13-10/h7H,3-6,8H2,1-2H3,(H,13,14). The minimum absolute atomic E-state index is 0.748. The molecule has 0 aromatic carbocycles. The number of aryl methyl sites for hydroxylation is 1. The van der Waals surface area contributed by atoms with Crippen molar-refractivity contribution in [3.05, 3.63) is 12.2 Å². The maximum atomic E-state index is 4.45. The number of H-pyrrole nitrogens is 1. The quantitative estimate of drug-likeness (QED) is 0.837. The molecule has 1 aliphatic heterocycles. The van der Waals surface area contributed by atoms with Crippen molar-refractivity contribution in [2.45, 2.75) is 39.8 Å². The van der Waals surface area contributed by atoms with E-state index in [1.807, 2.05) is 11.6 Å². The average Bonchev–Trinajstić information content (AvgIpc) is 2.94. The van der Waals surface area contributed by atoms with Crippen LogP contribution >= 0.6 is 0 Å². The van der Waals surface area contributed by atoms with Gasteiger partial charge in [-0.25, -0.2) is 14.6 Å². The average molecular weight is 246 g/mol. The third kappa shape index (κ3) is 1.77. The SMILES string of the molecule is CCCCCN1Cn2nc(C)nc2-c2[nH]cnc21. The first-order chi connectivity index (χ1) is 8.79. The van der Waals surface area contributed by atoms with E-state index in [9.17, 15) is 0 Å². The van der Waals surface area contributed by atoms with Crippen molar-refractivity contribution in [2.75, 3.05) is 11.4 Å². The van der Waals surface area contributed by atoms with Gasteiger partial charge in [-0.15, -0.1) is 0 Å². The molecule has 0 unspecified atom stereocenters. The van der Waals surface area contributed by atoms with Crippen molar-refractivity contribution >= 4 is 5.82 Å². The number of fused-ring (bicyclic) bond motifs is 3. The monoisotopic (exact) mass is 246 g/mol. The normalized spacial score (nSPS) is 13.6. The Labute approximate surface area is 106 Å². The number of hydrogen-bond donors (Lipinski definition) is 1. The number of imidazole rings is 1. The van der Waals surface area contributed by atoms with E-state index in [0.717, 1.165) is 36.4 Å². The van der Waals surface area contributed by atoms with Crippen LogP contribution in [0.25, 0.3) is 11.5 Å². The van der Waals surface area contributed by atoms with Crippen LogP contribution < -0.4 is 4.90 Å². The van der Waals surface area contributed by atoms with Crippen LogP contribution in [0.5, 0.6) is 0 Å². The molecule has 1 N–H and O–H groups in total. The van der Waals surface area contributed by atoms with Gasteiger partial charge in [0.1, 0.15) is 18.2 Å². The molecule has 0 amide bonds. The molecule has 96 valence electrons. The van der Waals surface area contributed by atoms with Crippen LogP contribution in [-0.4, -0.2) is 31.3 Å². The maximum Gasteiger partial charge on any atom is 0.180 e. The lowest BCUT2D eigenvalue weighted by Crippen LogP contribution is -2.32. The zero-order valence-corrected chi connectivity index (χ0v) is 10.8. The van der Waals surface area contributed by atoms with Gasteiger partial charge in [0.2, 0.25) is 0 Å². The van der Waals surface area contributed by atoms with Gasteiger partial charge in [-0.1, -0.05) is 19.8 Å². The zero-order chi connectivity index (χ0) is 12.5. The van der Waals surface area contributed by atoms with Gasteiger partial charge in [-0.05, 0) is 13.3 Å². The maximum absolute atomic E-state index is 4.45. The molecule has 1 aliphatic rings. The molecule has 2 aromatic heterocycles. The Balaban J connectivity index is 1.89. The van der Waals surface area contributed by atoms with Crippen molar-refractivity contribution in [3.8, 4) is 11.5 Å². The molecule has 0 bridgehead atoms. The number of anilines is 1. The molecule has 0 saturated heterocycles. The third-order valence-electron chi connectivity index (χ3n) is 3.26. The van der Waals surface area contributed by atoms with Crippen LogP contribution in [0, 0.1) is 6.92 Å². The summed E-state index contributed by atoms with van der Waals surface area (Å²) in [5, 5.41) is 4.42. The summed E-state index contributed by atoms with van der Waals surface area (Å²) in [6.45, 7) is 5.90. The smallest absolute Gasteiger partial charge is 0.180 e. The number of nitrogens with zero attached hydrogens (tertiary/aromatic N) is 5. The van der Waals surface area contributed by atoms with Crippen LogP contribution in [0.15, 0.2) is 6.33 Å². The van der Waals surface area contributed by atoms with Gasteiger partial charge in [0, 0.05) is 6.54 Å². The summed E-state index contributed by atoms with van der Waals surface area (Å²) < 4.78 is 1.95. The highest BCUT2D eigenvalue weighted by molar-refractivity contribution is 5.69. The van der Waals surface area contributed by atoms with Gasteiger partial charge in [0.15, 0.2) is 11.6 Å². The highest BCUT2D eigenvalue weighted by Crippen LogP contribution is 2.31. The molecular formula is C12H18N6. The van der Waals surface area contributed by atoms with Crippen molar-refractivity contribution in [2.24, 2.45) is 0 Å². The minimum Gasteiger partial charge on any atom is -0.340 e. The van der Waals surface area contributed by atoms with E-state index in [1.165, 1.54) is 19.3 Å². The third-order valence-corrected chi connectivity index (χ3v) is 3.26. The van der Waals surface area contributed by atoms with E-state index in [2.05, 4.69) is 31.9 Å². The number of nitrogens with one attached hydrogen (secondary N) is 1. The lowest BCUT2D eigenvalue weighted by Gasteiger charge is -2.27. The predicted molar refractivity (Wildman–Crippen MR) is 69.2 cm³/mol. The van der Waals surface area contributed by atoms with Gasteiger partial charge in [-0.3, -0.25) is 0 Å². The fourth-order valence-corrected chi connectivity index (χ4v) is 2.39. The Morgan fingerprint density at radius 2 is 2.28 bits per heavy atom. The van der Waals surface area contributed by atoms with E-state index in [-0.39, 0.29) is 0 Å². The molecule has 0 aliphatic carbocycles. The Bertz CT molecular complexity index is 541. The van der Waals surface area contributed by atoms with Crippen molar-refractivity contribution in [1.29, 1.82) is 0 Å². The minimum atomic E-state index is 0.748. The summed E-state index contributed by atoms with van der Waals surface area (Å²) in [5.41, 5.74) is 0.985. The molecule has 3 heterocycles. The number of aromatic nitrogens is 5. The molecule has 0 spiro atoms. The molecular weight excluding hydrogens is 228 g/mol. The second kappa shape index (κ2) is 4.44. The van der Waals surface area contributed by atoms with E-state index in [0.29, 0.717) is 0 Å². The van der Waals surface area contributed by atoms with Gasteiger partial charge in [-0.2, -0.15) is 5.10 Å². The van der Waals surface area contributed by atoms with E-state index in [4.69, 9.17) is 0 Å². The van der Waals surface area contributed by atoms with Crippen molar-refractivity contribution in [1.82, 2.24) is 24.7 Å². The Morgan fingerprint density at radius 1 is 1.39 bits per heavy atom. The van der Waals surface area contributed by atoms with E-state index >= 15 is 0 Å². The molecule has 6 heteroatoms. The van der Waals surface area contributed by atoms with Crippen molar-refractivity contribution in [3.63, 3.8) is 0 Å². The first-order valence-electron chi connectivity index (χ1n) is 6.49. The fourth-order valence-electron chi connectivity index (χ4n) is 2.39. The van der Waals surface area contributed by atoms with Crippen LogP contribution in [0.3, 0.4) is 0 Å². The molecule has 6 nitrogen and oxygen atoms in total. The summed E-state index contributed by atoms with van der Waals surface area (Å²) in [6, 6.07) is 0. The molecule has 0 fully saturated rings. The van der Waals surface area contributed by atoms with Gasteiger partial charge in [0.05, 0.1) is 6.33 Å². The summed E-state index contributed by atoms with van der Waals surface area (Å²) in [4.78, 5) is 14.3. The summed E-state index contributed by atoms with van der Waals surface area (Å²) in [5.74, 6) is 2.71. The molecule has 2 aromatic rings. The van der Waals surface area contributed by atoms with Crippen LogP contribution in [0.2, 0.25) is 0 Å². The largest absolute Gasteiger partial charge is 0.340 e. The number of aromatic amines is 1. The number of unbranched alkanes of at least 4 members (excludes halogenated alkanes) is 2. The first kappa shape index (κ1) is 11.3. The van der Waals surface area contributed by atoms with Crippen molar-refractivity contribution < 1.29 is 0 Å². The summed E-state index contributed by atoms with van der Waals surface area (Å²) >= 11 is 0. The Hall–Kier alpha value is -1.85. The summed E-state index contributed by atoms with van der Waals surface area (Å²) in [6.07, 6.45) is 5.40. The zero-order valence-electron chi connectivity index (χ0n) is 10.8. The molecule has 0 radical (unpaired) electrons. The van der Waals surface area contributed by atoms with Gasteiger partial charge in [0.25, 0.3) is 0 Å². The lowest BCUT2D eigenvalue weighted by atomic mass is 10.2. The summed E-state index contributed by atoms with van der Waals surface area (Å²) in [7, 11) is 0. The lowest BCUT2D eigenvalue weighted by molar-refractivity contribution is 0.545. The van der Waals surface area contributed by atoms with Gasteiger partial charge < -0.3 is 9.88 Å². The molecule has 0 atom stereocenters. The highest BCUT2D eigenvalue weighted by atomic mass is 15.5. The number of hydrogen-bond acceptors (Lipinski definition) is 4. The number of rotatable bonds is 4. The Morgan fingerprint density at radius 3 is 3.11 bits per heavy atom. The van der Waals surface area contributed by atoms with E-state index < -0.39 is 0 Å². The first-order valence-corrected chi connectivity index (χ1v) is 6.49. The van der Waals surface area contributed by atoms with Crippen LogP contribution in [0.1, 0.15) is 32.0 Å². The molecule has 18 heavy (non-hydrogen) atoms. The van der Waals surface area contributed by atoms with Gasteiger partial charge >= 0.3 is 0 Å². The van der Waals surface area contributed by atoms with E-state index in [1.54, 1.807) is 6.33 Å². The van der Waals surface area contributed by atoms with Crippen LogP contribution in [-0.2, 0) is 6.67 Å². The van der Waals surface area contributed by atoms with Crippen LogP contribution in [0.4, 0.5) is 5.82 Å². The predicted octanol–water partition coefficient (Wildman–Crippen LogP) is 1.94. The molecule has 3 rings (SSSR count). The highest BCUT2D eigenvalue weighted by Gasteiger charge is 2.26. The second-order valence-electron chi connectivity index (χ2n) is 4.70. The topological polar surface area (TPSA) is 62.6 Å². The molecule has 0 saturated carbocycles.